The number of hydrogen-bond acceptors (Lipinski definition) is 8. The standard InChI is InChI=1S/C30H72S13/c1-8-30(2)16-9-19-39(3,22-12-24-40(4,20-10-17-37-31)26-14-28-42(6,33)34)23-13-25-41(5,21-11-18-38-32)27-15-29-43(7,35)36/h30-36H,8-29H2,1-7H3. The predicted molar refractivity (Wildman–Crippen MR) is 256 cm³/mol. The van der Waals surface area contributed by atoms with Crippen LogP contribution < -0.4 is 0 Å². The molecule has 0 bridgehead atoms. The van der Waals surface area contributed by atoms with Gasteiger partial charge in [0, 0.05) is 11.5 Å². The summed E-state index contributed by atoms with van der Waals surface area (Å²) in [4.78, 5) is 0. The van der Waals surface area contributed by atoms with Gasteiger partial charge in [-0.3, -0.25) is 0 Å². The molecular weight excluding hydrogens is 777 g/mol. The molecule has 0 aliphatic rings. The molecule has 0 saturated carbocycles. The van der Waals surface area contributed by atoms with Gasteiger partial charge < -0.3 is 0 Å². The zero-order valence-electron chi connectivity index (χ0n) is 28.7. The minimum absolute atomic E-state index is 0.572. The minimum Gasteiger partial charge on any atom is -0.244 e. The van der Waals surface area contributed by atoms with Crippen LogP contribution in [0.15, 0.2) is 0 Å². The Morgan fingerprint density at radius 1 is 0.465 bits per heavy atom. The van der Waals surface area contributed by atoms with Crippen molar-refractivity contribution in [3.63, 3.8) is 0 Å². The summed E-state index contributed by atoms with van der Waals surface area (Å²) in [7, 11) is -0.287. The summed E-state index contributed by atoms with van der Waals surface area (Å²) in [5.74, 6) is 18.6. The van der Waals surface area contributed by atoms with Gasteiger partial charge in [-0.05, 0) is 152 Å². The van der Waals surface area contributed by atoms with E-state index in [-0.39, 0.29) is 0 Å². The van der Waals surface area contributed by atoms with Gasteiger partial charge in [0.25, 0.3) is 0 Å². The fourth-order valence-corrected chi connectivity index (χ4v) is 20.5. The Morgan fingerprint density at radius 3 is 1.02 bits per heavy atom. The second-order valence-electron chi connectivity index (χ2n) is 13.6. The average Bonchev–Trinajstić information content (AvgIpc) is 2.87. The topological polar surface area (TPSA) is 0 Å². The van der Waals surface area contributed by atoms with Gasteiger partial charge >= 0.3 is 0 Å². The van der Waals surface area contributed by atoms with E-state index in [9.17, 15) is 0 Å². The minimum atomic E-state index is -0.998. The van der Waals surface area contributed by atoms with E-state index in [4.69, 9.17) is 46.6 Å². The molecule has 0 aromatic heterocycles. The van der Waals surface area contributed by atoms with E-state index >= 15 is 0 Å². The molecule has 0 aliphatic heterocycles. The lowest BCUT2D eigenvalue weighted by molar-refractivity contribution is 0.510. The normalized spacial score (nSPS) is 20.8. The smallest absolute Gasteiger partial charge is 0.00417 e. The van der Waals surface area contributed by atoms with Gasteiger partial charge in [-0.1, -0.05) is 41.9 Å². The molecule has 0 aliphatic carbocycles. The Bertz CT molecular complexity index is 636. The first kappa shape index (κ1) is 47.5. The van der Waals surface area contributed by atoms with Crippen LogP contribution in [0, 0.1) is 5.92 Å². The van der Waals surface area contributed by atoms with Crippen molar-refractivity contribution in [2.24, 2.45) is 5.92 Å². The largest absolute Gasteiger partial charge is 0.244 e. The van der Waals surface area contributed by atoms with Crippen molar-refractivity contribution in [1.29, 1.82) is 0 Å². The Hall–Kier alpha value is 4.55. The van der Waals surface area contributed by atoms with Gasteiger partial charge in [-0.25, -0.2) is 30.1 Å². The highest BCUT2D eigenvalue weighted by molar-refractivity contribution is 9.18. The first-order chi connectivity index (χ1) is 19.9. The summed E-state index contributed by atoms with van der Waals surface area (Å²) in [5.41, 5.74) is 0. The monoisotopic (exact) mass is 848 g/mol. The zero-order chi connectivity index (χ0) is 33.0. The molecular formula is C30H72S13. The SMILES string of the molecule is CCC(C)CCCS(C)(CCCS(C)(CCCSS)CCCS(C)(S)S)CCCS(C)(CCCSS)CCCS(C)(S)S. The third kappa shape index (κ3) is 27.9. The number of rotatable bonds is 29. The van der Waals surface area contributed by atoms with Crippen molar-refractivity contribution in [1.82, 2.24) is 0 Å². The molecule has 0 saturated heterocycles. The first-order valence-corrected chi connectivity index (χ1v) is 36.3. The van der Waals surface area contributed by atoms with Crippen molar-refractivity contribution in [2.45, 2.75) is 71.6 Å². The summed E-state index contributed by atoms with van der Waals surface area (Å²) < 4.78 is 0. The average molecular weight is 850 g/mol. The fraction of sp³-hybridized carbons (Fsp3) is 1.00. The number of hydrogen-bond donors (Lipinski definition) is 6. The van der Waals surface area contributed by atoms with E-state index in [1.807, 2.05) is 0 Å². The van der Waals surface area contributed by atoms with E-state index in [0.29, 0.717) is 0 Å². The predicted octanol–water partition coefficient (Wildman–Crippen LogP) is 12.9. The van der Waals surface area contributed by atoms with Gasteiger partial charge in [0.1, 0.15) is 0 Å². The van der Waals surface area contributed by atoms with E-state index < -0.39 is 46.3 Å². The van der Waals surface area contributed by atoms with E-state index in [2.05, 4.69) is 68.4 Å². The van der Waals surface area contributed by atoms with Gasteiger partial charge in [-0.15, -0.1) is 70.0 Å². The molecule has 0 heterocycles. The van der Waals surface area contributed by atoms with Crippen LogP contribution in [0.3, 0.4) is 0 Å². The van der Waals surface area contributed by atoms with Gasteiger partial charge in [0.15, 0.2) is 0 Å². The quantitative estimate of drug-likeness (QED) is 0.0252. The summed E-state index contributed by atoms with van der Waals surface area (Å²) in [6.45, 7) is 4.81. The Labute approximate surface area is 317 Å². The van der Waals surface area contributed by atoms with Crippen LogP contribution in [0.2, 0.25) is 0 Å². The highest BCUT2D eigenvalue weighted by atomic mass is 33.5. The van der Waals surface area contributed by atoms with Crippen LogP contribution in [0.5, 0.6) is 0 Å². The van der Waals surface area contributed by atoms with Crippen LogP contribution in [0.1, 0.15) is 71.6 Å². The van der Waals surface area contributed by atoms with E-state index in [1.54, 1.807) is 21.6 Å². The lowest BCUT2D eigenvalue weighted by Crippen LogP contribution is -2.20. The fourth-order valence-electron chi connectivity index (χ4n) is 5.72. The zero-order valence-corrected chi connectivity index (χ0v) is 39.8. The van der Waals surface area contributed by atoms with Crippen LogP contribution >= 0.6 is 138 Å². The van der Waals surface area contributed by atoms with Gasteiger partial charge in [-0.2, -0.15) is 16.2 Å². The van der Waals surface area contributed by atoms with E-state index in [0.717, 1.165) is 5.92 Å². The Balaban J connectivity index is 5.41. The molecule has 3 atom stereocenters. The second kappa shape index (κ2) is 25.5. The summed E-state index contributed by atoms with van der Waals surface area (Å²) in [6, 6.07) is 0. The number of thiol groups is 6. The summed E-state index contributed by atoms with van der Waals surface area (Å²) in [6.07, 6.45) is 24.8. The molecule has 0 amide bonds. The molecule has 0 N–H and O–H groups in total. The van der Waals surface area contributed by atoms with Crippen molar-refractivity contribution in [2.75, 3.05) is 106 Å². The lowest BCUT2D eigenvalue weighted by Gasteiger charge is -2.42. The van der Waals surface area contributed by atoms with Gasteiger partial charge in [0.2, 0.25) is 0 Å². The van der Waals surface area contributed by atoms with Gasteiger partial charge in [0.05, 0.1) is 0 Å². The Kier molecular flexibility index (Phi) is 28.2. The van der Waals surface area contributed by atoms with Crippen LogP contribution in [-0.2, 0) is 0 Å². The van der Waals surface area contributed by atoms with Crippen molar-refractivity contribution in [3.8, 4) is 0 Å². The first-order valence-electron chi connectivity index (χ1n) is 16.0. The molecule has 0 spiro atoms. The molecule has 0 fully saturated rings. The van der Waals surface area contributed by atoms with Crippen LogP contribution in [0.25, 0.3) is 0 Å². The maximum Gasteiger partial charge on any atom is 0.00417 e. The molecule has 0 nitrogen and oxygen atoms in total. The lowest BCUT2D eigenvalue weighted by atomic mass is 10.0. The van der Waals surface area contributed by atoms with Crippen molar-refractivity contribution >= 4 is 138 Å². The summed E-state index contributed by atoms with van der Waals surface area (Å²) >= 11 is 28.0. The van der Waals surface area contributed by atoms with Crippen LogP contribution in [0.4, 0.5) is 0 Å². The highest BCUT2D eigenvalue weighted by Gasteiger charge is 2.25. The maximum atomic E-state index is 4.78. The molecule has 3 unspecified atom stereocenters. The molecule has 13 heteroatoms. The maximum absolute atomic E-state index is 4.78. The molecule has 0 radical (unpaired) electrons. The molecule has 270 valence electrons. The summed E-state index contributed by atoms with van der Waals surface area (Å²) in [5, 5.41) is 0. The van der Waals surface area contributed by atoms with Crippen LogP contribution in [-0.4, -0.2) is 106 Å². The third-order valence-electron chi connectivity index (χ3n) is 8.66. The third-order valence-corrected chi connectivity index (χ3v) is 26.5. The second-order valence-corrected chi connectivity index (χ2v) is 45.2. The molecule has 0 aromatic carbocycles. The highest BCUT2D eigenvalue weighted by Crippen LogP contribution is 2.57. The molecule has 0 rings (SSSR count). The van der Waals surface area contributed by atoms with Crippen molar-refractivity contribution < 1.29 is 0 Å². The van der Waals surface area contributed by atoms with E-state index in [1.165, 1.54) is 133 Å². The molecule has 43 heavy (non-hydrogen) atoms. The molecule has 0 aromatic rings. The van der Waals surface area contributed by atoms with Crippen molar-refractivity contribution in [3.05, 3.63) is 0 Å². The Morgan fingerprint density at radius 2 is 0.744 bits per heavy atom.